The van der Waals surface area contributed by atoms with Gasteiger partial charge in [-0.3, -0.25) is 4.79 Å². The zero-order valence-electron chi connectivity index (χ0n) is 17.5. The predicted octanol–water partition coefficient (Wildman–Crippen LogP) is 5.29. The summed E-state index contributed by atoms with van der Waals surface area (Å²) in [5, 5.41) is 11.0. The van der Waals surface area contributed by atoms with Crippen LogP contribution in [-0.4, -0.2) is 35.3 Å². The van der Waals surface area contributed by atoms with Gasteiger partial charge in [0.05, 0.1) is 4.88 Å². The van der Waals surface area contributed by atoms with Crippen molar-refractivity contribution in [1.82, 2.24) is 15.3 Å². The Morgan fingerprint density at radius 2 is 2.03 bits per heavy atom. The van der Waals surface area contributed by atoms with Crippen molar-refractivity contribution in [2.75, 3.05) is 23.7 Å². The summed E-state index contributed by atoms with van der Waals surface area (Å²) in [6.07, 6.45) is -0.187. The molecule has 1 aliphatic carbocycles. The standard InChI is InChI=1S/C22H22F3N5O2S/c23-22(24,25)32-16-5-1-4-15(12-16)29-21-28-13-17(14-7-8-14)19(30-21)26-9-3-10-27-20(31)18-6-2-11-33-18/h1-2,4-6,11-14H,3,7-10H2,(H,27,31)(H2,26,28,29,30). The van der Waals surface area contributed by atoms with Crippen LogP contribution in [0.15, 0.2) is 48.0 Å². The highest BCUT2D eigenvalue weighted by atomic mass is 32.1. The molecular formula is C22H22F3N5O2S. The molecule has 1 aromatic carbocycles. The van der Waals surface area contributed by atoms with Crippen LogP contribution in [0.1, 0.15) is 40.4 Å². The molecule has 1 amide bonds. The Kier molecular flexibility index (Phi) is 6.97. The number of halogens is 3. The summed E-state index contributed by atoms with van der Waals surface area (Å²) in [6, 6.07) is 9.12. The number of amides is 1. The highest BCUT2D eigenvalue weighted by molar-refractivity contribution is 7.12. The van der Waals surface area contributed by atoms with Gasteiger partial charge in [0.1, 0.15) is 11.6 Å². The fourth-order valence-corrected chi connectivity index (χ4v) is 3.82. The van der Waals surface area contributed by atoms with Crippen molar-refractivity contribution in [3.63, 3.8) is 0 Å². The normalized spacial score (nSPS) is 13.4. The minimum Gasteiger partial charge on any atom is -0.406 e. The monoisotopic (exact) mass is 477 g/mol. The fraction of sp³-hybridized carbons (Fsp3) is 0.318. The highest BCUT2D eigenvalue weighted by Gasteiger charge is 2.31. The van der Waals surface area contributed by atoms with E-state index in [2.05, 4.69) is 30.7 Å². The van der Waals surface area contributed by atoms with Crippen molar-refractivity contribution in [2.24, 2.45) is 0 Å². The van der Waals surface area contributed by atoms with Gasteiger partial charge in [0, 0.05) is 36.6 Å². The highest BCUT2D eigenvalue weighted by Crippen LogP contribution is 2.42. The first-order valence-corrected chi connectivity index (χ1v) is 11.3. The Balaban J connectivity index is 1.35. The van der Waals surface area contributed by atoms with Gasteiger partial charge in [0.25, 0.3) is 5.91 Å². The van der Waals surface area contributed by atoms with Crippen LogP contribution < -0.4 is 20.7 Å². The average molecular weight is 478 g/mol. The Morgan fingerprint density at radius 1 is 1.18 bits per heavy atom. The SMILES string of the molecule is O=C(NCCCNc1nc(Nc2cccc(OC(F)(F)F)c2)ncc1C1CC1)c1cccs1. The molecule has 2 aromatic heterocycles. The van der Waals surface area contributed by atoms with Gasteiger partial charge in [-0.25, -0.2) is 4.98 Å². The molecule has 0 aliphatic heterocycles. The van der Waals surface area contributed by atoms with E-state index in [4.69, 9.17) is 0 Å². The molecule has 0 spiro atoms. The zero-order chi connectivity index (χ0) is 23.3. The number of aromatic nitrogens is 2. The van der Waals surface area contributed by atoms with Crippen LogP contribution in [0.4, 0.5) is 30.6 Å². The number of rotatable bonds is 10. The van der Waals surface area contributed by atoms with E-state index in [-0.39, 0.29) is 17.6 Å². The molecule has 1 aliphatic rings. The Morgan fingerprint density at radius 3 is 2.76 bits per heavy atom. The van der Waals surface area contributed by atoms with Crippen LogP contribution in [0, 0.1) is 0 Å². The van der Waals surface area contributed by atoms with E-state index in [1.165, 1.54) is 29.5 Å². The molecule has 0 saturated heterocycles. The molecule has 3 aromatic rings. The van der Waals surface area contributed by atoms with Crippen molar-refractivity contribution >= 4 is 34.7 Å². The third-order valence-corrected chi connectivity index (χ3v) is 5.70. The second-order valence-electron chi connectivity index (χ2n) is 7.49. The van der Waals surface area contributed by atoms with Gasteiger partial charge in [0.15, 0.2) is 0 Å². The molecule has 33 heavy (non-hydrogen) atoms. The van der Waals surface area contributed by atoms with Gasteiger partial charge in [-0.15, -0.1) is 24.5 Å². The van der Waals surface area contributed by atoms with E-state index in [0.29, 0.717) is 41.8 Å². The lowest BCUT2D eigenvalue weighted by atomic mass is 10.2. The first-order chi connectivity index (χ1) is 15.9. The van der Waals surface area contributed by atoms with Gasteiger partial charge >= 0.3 is 6.36 Å². The van der Waals surface area contributed by atoms with E-state index in [1.54, 1.807) is 18.3 Å². The van der Waals surface area contributed by atoms with Gasteiger partial charge in [-0.2, -0.15) is 4.98 Å². The number of hydrogen-bond donors (Lipinski definition) is 3. The molecule has 11 heteroatoms. The quantitative estimate of drug-likeness (QED) is 0.344. The number of hydrogen-bond acceptors (Lipinski definition) is 7. The lowest BCUT2D eigenvalue weighted by Crippen LogP contribution is -2.25. The number of carbonyl (C=O) groups is 1. The Labute approximate surface area is 192 Å². The summed E-state index contributed by atoms with van der Waals surface area (Å²) < 4.78 is 41.4. The molecule has 4 rings (SSSR count). The number of alkyl halides is 3. The van der Waals surface area contributed by atoms with Crippen LogP contribution in [-0.2, 0) is 0 Å². The summed E-state index contributed by atoms with van der Waals surface area (Å²) >= 11 is 1.39. The van der Waals surface area contributed by atoms with Crippen LogP contribution in [0.25, 0.3) is 0 Å². The van der Waals surface area contributed by atoms with Crippen LogP contribution in [0.3, 0.4) is 0 Å². The maximum absolute atomic E-state index is 12.5. The zero-order valence-corrected chi connectivity index (χ0v) is 18.3. The predicted molar refractivity (Wildman–Crippen MR) is 120 cm³/mol. The van der Waals surface area contributed by atoms with Crippen molar-refractivity contribution in [3.05, 3.63) is 58.4 Å². The summed E-state index contributed by atoms with van der Waals surface area (Å²) in [5.74, 6) is 0.932. The van der Waals surface area contributed by atoms with Crippen molar-refractivity contribution in [2.45, 2.75) is 31.5 Å². The maximum atomic E-state index is 12.5. The summed E-state index contributed by atoms with van der Waals surface area (Å²) in [7, 11) is 0. The summed E-state index contributed by atoms with van der Waals surface area (Å²) in [4.78, 5) is 21.5. The molecule has 1 fully saturated rings. The van der Waals surface area contributed by atoms with Gasteiger partial charge in [0.2, 0.25) is 5.95 Å². The first-order valence-electron chi connectivity index (χ1n) is 10.4. The maximum Gasteiger partial charge on any atom is 0.573 e. The number of thiophene rings is 1. The number of anilines is 3. The van der Waals surface area contributed by atoms with Crippen molar-refractivity contribution in [1.29, 1.82) is 0 Å². The number of ether oxygens (including phenoxy) is 1. The van der Waals surface area contributed by atoms with Gasteiger partial charge in [-0.05, 0) is 48.8 Å². The molecule has 0 unspecified atom stereocenters. The van der Waals surface area contributed by atoms with E-state index >= 15 is 0 Å². The molecule has 0 atom stereocenters. The fourth-order valence-electron chi connectivity index (χ4n) is 3.18. The summed E-state index contributed by atoms with van der Waals surface area (Å²) in [5.41, 5.74) is 1.38. The van der Waals surface area contributed by atoms with Gasteiger partial charge < -0.3 is 20.7 Å². The molecule has 2 heterocycles. The molecule has 3 N–H and O–H groups in total. The van der Waals surface area contributed by atoms with E-state index in [9.17, 15) is 18.0 Å². The number of benzene rings is 1. The Bertz CT molecular complexity index is 1090. The van der Waals surface area contributed by atoms with Crippen molar-refractivity contribution < 1.29 is 22.7 Å². The smallest absolute Gasteiger partial charge is 0.406 e. The number of carbonyl (C=O) groups excluding carboxylic acids is 1. The lowest BCUT2D eigenvalue weighted by molar-refractivity contribution is -0.274. The van der Waals surface area contributed by atoms with E-state index in [1.807, 2.05) is 11.4 Å². The topological polar surface area (TPSA) is 88.2 Å². The minimum atomic E-state index is -4.76. The average Bonchev–Trinajstić information content (AvgIpc) is 3.45. The molecule has 0 bridgehead atoms. The Hall–Kier alpha value is -3.34. The third kappa shape index (κ3) is 6.82. The van der Waals surface area contributed by atoms with Crippen molar-refractivity contribution in [3.8, 4) is 5.75 Å². The molecule has 174 valence electrons. The van der Waals surface area contributed by atoms with Crippen LogP contribution in [0.2, 0.25) is 0 Å². The second-order valence-corrected chi connectivity index (χ2v) is 8.43. The van der Waals surface area contributed by atoms with Gasteiger partial charge in [-0.1, -0.05) is 12.1 Å². The molecule has 0 radical (unpaired) electrons. The minimum absolute atomic E-state index is 0.0890. The largest absolute Gasteiger partial charge is 0.573 e. The molecular weight excluding hydrogens is 455 g/mol. The second kappa shape index (κ2) is 10.1. The van der Waals surface area contributed by atoms with E-state index in [0.717, 1.165) is 18.4 Å². The summed E-state index contributed by atoms with van der Waals surface area (Å²) in [6.45, 7) is 1.11. The number of nitrogens with zero attached hydrogens (tertiary/aromatic N) is 2. The third-order valence-electron chi connectivity index (χ3n) is 4.83. The molecule has 1 saturated carbocycles. The van der Waals surface area contributed by atoms with Crippen LogP contribution >= 0.6 is 11.3 Å². The lowest BCUT2D eigenvalue weighted by Gasteiger charge is -2.14. The van der Waals surface area contributed by atoms with Crippen LogP contribution in [0.5, 0.6) is 5.75 Å². The van der Waals surface area contributed by atoms with E-state index < -0.39 is 6.36 Å². The molecule has 7 nitrogen and oxygen atoms in total. The number of nitrogens with one attached hydrogen (secondary N) is 3. The first kappa shape index (κ1) is 22.8.